The third-order valence-electron chi connectivity index (χ3n) is 6.66. The monoisotopic (exact) mass is 480 g/mol. The van der Waals surface area contributed by atoms with Gasteiger partial charge in [-0.15, -0.1) is 0 Å². The number of carboxylic acids is 1. The maximum Gasteiger partial charge on any atom is 0.407 e. The van der Waals surface area contributed by atoms with Gasteiger partial charge in [-0.3, -0.25) is 4.79 Å². The largest absolute Gasteiger partial charge is 0.479 e. The van der Waals surface area contributed by atoms with Gasteiger partial charge in [-0.25, -0.2) is 9.59 Å². The highest BCUT2D eigenvalue weighted by Crippen LogP contribution is 2.44. The zero-order valence-corrected chi connectivity index (χ0v) is 20.0. The maximum absolute atomic E-state index is 12.9. The molecule has 1 saturated heterocycles. The Kier molecular flexibility index (Phi) is 7.70. The number of carbonyl (C=O) groups excluding carboxylic acids is 2. The third kappa shape index (κ3) is 5.65. The van der Waals surface area contributed by atoms with E-state index in [4.69, 9.17) is 9.47 Å². The molecule has 4 rings (SSSR count). The van der Waals surface area contributed by atoms with Crippen molar-refractivity contribution in [2.75, 3.05) is 19.8 Å². The molecule has 0 aromatic heterocycles. The van der Waals surface area contributed by atoms with Gasteiger partial charge in [0.15, 0.2) is 6.10 Å². The number of fused-ring (bicyclic) bond motifs is 3. The molecule has 1 fully saturated rings. The highest BCUT2D eigenvalue weighted by Gasteiger charge is 2.35. The molecular weight excluding hydrogens is 448 g/mol. The highest BCUT2D eigenvalue weighted by atomic mass is 16.5. The molecule has 0 bridgehead atoms. The third-order valence-corrected chi connectivity index (χ3v) is 6.66. The number of aliphatic carboxylic acids is 1. The van der Waals surface area contributed by atoms with E-state index in [1.165, 1.54) is 0 Å². The molecule has 0 spiro atoms. The molecule has 2 aliphatic rings. The van der Waals surface area contributed by atoms with Crippen LogP contribution in [-0.2, 0) is 19.1 Å². The van der Waals surface area contributed by atoms with Gasteiger partial charge in [-0.2, -0.15) is 0 Å². The molecule has 3 N–H and O–H groups in total. The summed E-state index contributed by atoms with van der Waals surface area (Å²) >= 11 is 0. The normalized spacial score (nSPS) is 19.6. The van der Waals surface area contributed by atoms with Gasteiger partial charge in [0, 0.05) is 25.0 Å². The molecule has 1 aliphatic carbocycles. The van der Waals surface area contributed by atoms with Gasteiger partial charge in [0.2, 0.25) is 5.91 Å². The number of carbonyl (C=O) groups is 3. The van der Waals surface area contributed by atoms with Crippen LogP contribution < -0.4 is 10.6 Å². The summed E-state index contributed by atoms with van der Waals surface area (Å²) < 4.78 is 10.8. The van der Waals surface area contributed by atoms with Crippen LogP contribution in [0.2, 0.25) is 0 Å². The van der Waals surface area contributed by atoms with Crippen LogP contribution in [0, 0.1) is 11.8 Å². The predicted octanol–water partition coefficient (Wildman–Crippen LogP) is 3.55. The van der Waals surface area contributed by atoms with Crippen molar-refractivity contribution in [3.8, 4) is 11.1 Å². The van der Waals surface area contributed by atoms with Crippen LogP contribution in [0.4, 0.5) is 4.79 Å². The molecule has 2 aromatic rings. The van der Waals surface area contributed by atoms with Gasteiger partial charge in [0.1, 0.15) is 12.6 Å². The van der Waals surface area contributed by atoms with E-state index in [9.17, 15) is 19.5 Å². The lowest BCUT2D eigenvalue weighted by atomic mass is 9.98. The summed E-state index contributed by atoms with van der Waals surface area (Å²) in [6.07, 6.45) is -0.583. The first-order valence-corrected chi connectivity index (χ1v) is 12.1. The topological polar surface area (TPSA) is 114 Å². The van der Waals surface area contributed by atoms with E-state index in [1.54, 1.807) is 0 Å². The lowest BCUT2D eigenvalue weighted by molar-refractivity contribution is -0.149. The summed E-state index contributed by atoms with van der Waals surface area (Å²) in [5, 5.41) is 14.8. The number of benzene rings is 2. The number of hydrogen-bond donors (Lipinski definition) is 3. The fraction of sp³-hybridized carbons (Fsp3) is 0.444. The average molecular weight is 481 g/mol. The number of carboxylic acid groups (broad SMARTS) is 1. The van der Waals surface area contributed by atoms with E-state index in [0.717, 1.165) is 22.3 Å². The van der Waals surface area contributed by atoms with Gasteiger partial charge in [-0.1, -0.05) is 62.4 Å². The second-order valence-corrected chi connectivity index (χ2v) is 9.58. The zero-order valence-electron chi connectivity index (χ0n) is 20.0. The quantitative estimate of drug-likeness (QED) is 0.506. The molecular formula is C27H32N2O6. The first-order chi connectivity index (χ1) is 16.8. The lowest BCUT2D eigenvalue weighted by Crippen LogP contribution is -2.49. The van der Waals surface area contributed by atoms with Crippen molar-refractivity contribution >= 4 is 18.0 Å². The summed E-state index contributed by atoms with van der Waals surface area (Å²) in [4.78, 5) is 36.9. The van der Waals surface area contributed by atoms with Crippen LogP contribution in [0.5, 0.6) is 0 Å². The molecule has 186 valence electrons. The highest BCUT2D eigenvalue weighted by molar-refractivity contribution is 5.86. The van der Waals surface area contributed by atoms with Crippen molar-refractivity contribution in [1.29, 1.82) is 0 Å². The molecule has 0 radical (unpaired) electrons. The first-order valence-electron chi connectivity index (χ1n) is 12.1. The molecule has 8 heteroatoms. The molecule has 8 nitrogen and oxygen atoms in total. The molecule has 1 heterocycles. The van der Waals surface area contributed by atoms with E-state index < -0.39 is 24.2 Å². The Labute approximate surface area is 205 Å². The Balaban J connectivity index is 1.36. The van der Waals surface area contributed by atoms with Crippen molar-refractivity contribution in [3.63, 3.8) is 0 Å². The first kappa shape index (κ1) is 24.7. The van der Waals surface area contributed by atoms with Gasteiger partial charge in [0.05, 0.1) is 0 Å². The standard InChI is InChI=1S/C27H32N2O6/c1-16(2)13-23(25(30)28-14-17-11-12-34-24(17)26(31)32)29-27(33)35-15-22-20-9-5-3-7-18(20)19-8-4-6-10-21(19)22/h3-10,16-17,22-24H,11-15H2,1-2H3,(H,28,30)(H,29,33)(H,31,32)/t17-,23-,24-/m0/s1. The minimum absolute atomic E-state index is 0.0687. The molecule has 2 aromatic carbocycles. The molecule has 35 heavy (non-hydrogen) atoms. The zero-order chi connectivity index (χ0) is 24.9. The van der Waals surface area contributed by atoms with Crippen LogP contribution in [0.15, 0.2) is 48.5 Å². The van der Waals surface area contributed by atoms with Gasteiger partial charge < -0.3 is 25.2 Å². The molecule has 3 atom stereocenters. The van der Waals surface area contributed by atoms with E-state index in [-0.39, 0.29) is 36.8 Å². The minimum atomic E-state index is -1.03. The lowest BCUT2D eigenvalue weighted by Gasteiger charge is -2.22. The Morgan fingerprint density at radius 3 is 2.29 bits per heavy atom. The van der Waals surface area contributed by atoms with Crippen molar-refractivity contribution in [1.82, 2.24) is 10.6 Å². The number of rotatable bonds is 9. The van der Waals surface area contributed by atoms with Crippen molar-refractivity contribution < 1.29 is 29.0 Å². The van der Waals surface area contributed by atoms with Crippen molar-refractivity contribution in [3.05, 3.63) is 59.7 Å². The smallest absolute Gasteiger partial charge is 0.407 e. The Morgan fingerprint density at radius 1 is 1.06 bits per heavy atom. The number of amides is 2. The van der Waals surface area contributed by atoms with E-state index >= 15 is 0 Å². The van der Waals surface area contributed by atoms with Gasteiger partial charge in [0.25, 0.3) is 0 Å². The van der Waals surface area contributed by atoms with Crippen LogP contribution in [0.25, 0.3) is 11.1 Å². The number of alkyl carbamates (subject to hydrolysis) is 1. The minimum Gasteiger partial charge on any atom is -0.479 e. The van der Waals surface area contributed by atoms with E-state index in [1.807, 2.05) is 50.2 Å². The molecule has 1 aliphatic heterocycles. The fourth-order valence-electron chi connectivity index (χ4n) is 4.96. The van der Waals surface area contributed by atoms with Crippen LogP contribution in [0.3, 0.4) is 0 Å². The molecule has 0 unspecified atom stereocenters. The summed E-state index contributed by atoms with van der Waals surface area (Å²) in [6, 6.07) is 15.4. The van der Waals surface area contributed by atoms with Crippen LogP contribution in [-0.4, -0.2) is 55.0 Å². The second kappa shape index (κ2) is 10.9. The van der Waals surface area contributed by atoms with Gasteiger partial charge in [-0.05, 0) is 41.0 Å². The molecule has 2 amide bonds. The van der Waals surface area contributed by atoms with Crippen LogP contribution >= 0.6 is 0 Å². The van der Waals surface area contributed by atoms with Gasteiger partial charge >= 0.3 is 12.1 Å². The summed E-state index contributed by atoms with van der Waals surface area (Å²) in [5.41, 5.74) is 4.52. The van der Waals surface area contributed by atoms with Crippen molar-refractivity contribution in [2.24, 2.45) is 11.8 Å². The number of ether oxygens (including phenoxy) is 2. The predicted molar refractivity (Wildman–Crippen MR) is 130 cm³/mol. The Bertz CT molecular complexity index is 1040. The Morgan fingerprint density at radius 2 is 1.69 bits per heavy atom. The molecule has 0 saturated carbocycles. The Hall–Kier alpha value is -3.39. The number of hydrogen-bond acceptors (Lipinski definition) is 5. The van der Waals surface area contributed by atoms with Crippen molar-refractivity contribution in [2.45, 2.75) is 44.8 Å². The van der Waals surface area contributed by atoms with Crippen LogP contribution in [0.1, 0.15) is 43.7 Å². The number of nitrogens with one attached hydrogen (secondary N) is 2. The average Bonchev–Trinajstić information content (AvgIpc) is 3.43. The summed E-state index contributed by atoms with van der Waals surface area (Å²) in [5.74, 6) is -1.60. The summed E-state index contributed by atoms with van der Waals surface area (Å²) in [6.45, 7) is 4.62. The second-order valence-electron chi connectivity index (χ2n) is 9.58. The SMILES string of the molecule is CC(C)C[C@H](NC(=O)OCC1c2ccccc2-c2ccccc21)C(=O)NC[C@@H]1CCO[C@@H]1C(=O)O. The van der Waals surface area contributed by atoms with E-state index in [0.29, 0.717) is 19.4 Å². The maximum atomic E-state index is 12.9. The summed E-state index contributed by atoms with van der Waals surface area (Å²) in [7, 11) is 0. The van der Waals surface area contributed by atoms with E-state index in [2.05, 4.69) is 22.8 Å². The fourth-order valence-corrected chi connectivity index (χ4v) is 4.96.